The monoisotopic (exact) mass is 371 g/mol. The van der Waals surface area contributed by atoms with Gasteiger partial charge in [-0.2, -0.15) is 0 Å². The lowest BCUT2D eigenvalue weighted by molar-refractivity contribution is 0.0702. The molecule has 0 saturated heterocycles. The van der Waals surface area contributed by atoms with Crippen LogP contribution in [-0.2, 0) is 10.0 Å². The van der Waals surface area contributed by atoms with Crippen LogP contribution < -0.4 is 4.72 Å². The van der Waals surface area contributed by atoms with Gasteiger partial charge in [0.2, 0.25) is 10.0 Å². The molecule has 0 spiro atoms. The fourth-order valence-electron chi connectivity index (χ4n) is 1.36. The van der Waals surface area contributed by atoms with Crippen LogP contribution in [0.4, 0.5) is 0 Å². The Morgan fingerprint density at radius 2 is 2.21 bits per heavy atom. The van der Waals surface area contributed by atoms with Gasteiger partial charge in [0.05, 0.1) is 9.89 Å². The number of halogens is 1. The molecule has 0 aliphatic heterocycles. The van der Waals surface area contributed by atoms with Crippen LogP contribution >= 0.6 is 27.3 Å². The first kappa shape index (κ1) is 16.6. The van der Waals surface area contributed by atoms with Gasteiger partial charge < -0.3 is 10.2 Å². The number of carboxylic acid groups (broad SMARTS) is 1. The summed E-state index contributed by atoms with van der Waals surface area (Å²) in [6.45, 7) is 1.78. The van der Waals surface area contributed by atoms with E-state index < -0.39 is 22.1 Å². The molecule has 0 saturated carbocycles. The summed E-state index contributed by atoms with van der Waals surface area (Å²) >= 11 is 3.86. The topological polar surface area (TPSA) is 104 Å². The average Bonchev–Trinajstić information content (AvgIpc) is 2.70. The minimum atomic E-state index is -3.83. The van der Waals surface area contributed by atoms with E-state index in [1.807, 2.05) is 6.92 Å². The number of aromatic carboxylic acids is 1. The highest BCUT2D eigenvalue weighted by atomic mass is 79.9. The zero-order chi connectivity index (χ0) is 14.6. The van der Waals surface area contributed by atoms with Crippen molar-refractivity contribution in [2.45, 2.75) is 30.8 Å². The molecule has 108 valence electrons. The van der Waals surface area contributed by atoms with Gasteiger partial charge in [0.25, 0.3) is 0 Å². The quantitative estimate of drug-likeness (QED) is 0.675. The second kappa shape index (κ2) is 6.80. The smallest absolute Gasteiger partial charge is 0.345 e. The van der Waals surface area contributed by atoms with Crippen molar-refractivity contribution in [1.82, 2.24) is 4.72 Å². The number of aliphatic hydroxyl groups excluding tert-OH is 1. The molecule has 19 heavy (non-hydrogen) atoms. The molecule has 0 radical (unpaired) electrons. The molecule has 3 N–H and O–H groups in total. The highest BCUT2D eigenvalue weighted by molar-refractivity contribution is 9.11. The minimum absolute atomic E-state index is 0.0682. The Morgan fingerprint density at radius 1 is 1.58 bits per heavy atom. The van der Waals surface area contributed by atoms with Crippen molar-refractivity contribution in [2.24, 2.45) is 0 Å². The molecule has 1 aromatic heterocycles. The van der Waals surface area contributed by atoms with Gasteiger partial charge in [-0.15, -0.1) is 11.3 Å². The standard InChI is InChI=1S/C10H14BrNO5S2/c1-2-3-6(13)5-12-19(16,17)8-4-7(10(14)15)18-9(8)11/h4,6,12-13H,2-3,5H2,1H3,(H,14,15). The molecule has 1 aromatic rings. The molecule has 1 unspecified atom stereocenters. The zero-order valence-electron chi connectivity index (χ0n) is 10.1. The first-order valence-electron chi connectivity index (χ1n) is 5.48. The fourth-order valence-corrected chi connectivity index (χ4v) is 4.83. The van der Waals surface area contributed by atoms with Crippen molar-refractivity contribution in [1.29, 1.82) is 0 Å². The van der Waals surface area contributed by atoms with E-state index in [0.29, 0.717) is 6.42 Å². The molecule has 0 fully saturated rings. The summed E-state index contributed by atoms with van der Waals surface area (Å²) in [7, 11) is -3.83. The summed E-state index contributed by atoms with van der Waals surface area (Å²) in [5, 5.41) is 18.3. The van der Waals surface area contributed by atoms with E-state index in [-0.39, 0.29) is 20.1 Å². The Kier molecular flexibility index (Phi) is 5.93. The number of aliphatic hydroxyl groups is 1. The van der Waals surface area contributed by atoms with Crippen LogP contribution in [0, 0.1) is 0 Å². The van der Waals surface area contributed by atoms with Crippen molar-refractivity contribution in [3.8, 4) is 0 Å². The molecule has 0 aliphatic rings. The predicted molar refractivity (Wildman–Crippen MR) is 75.1 cm³/mol. The van der Waals surface area contributed by atoms with Crippen molar-refractivity contribution in [3.05, 3.63) is 14.7 Å². The Bertz CT molecular complexity index is 554. The van der Waals surface area contributed by atoms with E-state index in [9.17, 15) is 18.3 Å². The number of carboxylic acids is 1. The summed E-state index contributed by atoms with van der Waals surface area (Å²) in [6, 6.07) is 1.09. The number of hydrogen-bond acceptors (Lipinski definition) is 5. The lowest BCUT2D eigenvalue weighted by Crippen LogP contribution is -2.32. The third-order valence-corrected chi connectivity index (χ3v) is 5.95. The van der Waals surface area contributed by atoms with Gasteiger partial charge in [-0.25, -0.2) is 17.9 Å². The maximum absolute atomic E-state index is 12.0. The van der Waals surface area contributed by atoms with E-state index >= 15 is 0 Å². The van der Waals surface area contributed by atoms with Gasteiger partial charge in [-0.1, -0.05) is 13.3 Å². The third-order valence-electron chi connectivity index (χ3n) is 2.29. The van der Waals surface area contributed by atoms with Gasteiger partial charge in [-0.05, 0) is 28.4 Å². The Labute approximate surface area is 123 Å². The van der Waals surface area contributed by atoms with Crippen LogP contribution in [0.3, 0.4) is 0 Å². The SMILES string of the molecule is CCCC(O)CNS(=O)(=O)c1cc(C(=O)O)sc1Br. The normalized spacial score (nSPS) is 13.4. The van der Waals surface area contributed by atoms with Crippen LogP contribution in [0.2, 0.25) is 0 Å². The van der Waals surface area contributed by atoms with E-state index in [2.05, 4.69) is 20.7 Å². The average molecular weight is 372 g/mol. The highest BCUT2D eigenvalue weighted by Gasteiger charge is 2.23. The largest absolute Gasteiger partial charge is 0.477 e. The second-order valence-corrected chi connectivity index (χ2v) is 7.95. The van der Waals surface area contributed by atoms with E-state index in [1.165, 1.54) is 0 Å². The van der Waals surface area contributed by atoms with Crippen molar-refractivity contribution < 1.29 is 23.4 Å². The molecule has 6 nitrogen and oxygen atoms in total. The third kappa shape index (κ3) is 4.53. The number of rotatable bonds is 7. The van der Waals surface area contributed by atoms with Gasteiger partial charge in [0, 0.05) is 6.54 Å². The molecular formula is C10H14BrNO5S2. The van der Waals surface area contributed by atoms with E-state index in [4.69, 9.17) is 5.11 Å². The van der Waals surface area contributed by atoms with Gasteiger partial charge in [-0.3, -0.25) is 0 Å². The van der Waals surface area contributed by atoms with Crippen molar-refractivity contribution in [3.63, 3.8) is 0 Å². The van der Waals surface area contributed by atoms with Gasteiger partial charge in [0.1, 0.15) is 9.77 Å². The predicted octanol–water partition coefficient (Wildman–Crippen LogP) is 1.65. The van der Waals surface area contributed by atoms with Gasteiger partial charge in [0.15, 0.2) is 0 Å². The summed E-state index contributed by atoms with van der Waals surface area (Å²) in [5.41, 5.74) is 0. The van der Waals surface area contributed by atoms with Crippen molar-refractivity contribution in [2.75, 3.05) is 6.54 Å². The van der Waals surface area contributed by atoms with Crippen LogP contribution in [-0.4, -0.2) is 37.2 Å². The summed E-state index contributed by atoms with van der Waals surface area (Å²) in [4.78, 5) is 10.6. The highest BCUT2D eigenvalue weighted by Crippen LogP contribution is 2.31. The molecule has 9 heteroatoms. The van der Waals surface area contributed by atoms with Crippen molar-refractivity contribution >= 4 is 43.3 Å². The zero-order valence-corrected chi connectivity index (χ0v) is 13.3. The first-order chi connectivity index (χ1) is 8.77. The molecule has 1 atom stereocenters. The summed E-state index contributed by atoms with van der Waals surface area (Å²) in [6.07, 6.45) is 0.484. The second-order valence-electron chi connectivity index (χ2n) is 3.85. The van der Waals surface area contributed by atoms with Gasteiger partial charge >= 0.3 is 5.97 Å². The van der Waals surface area contributed by atoms with Crippen LogP contribution in [0.1, 0.15) is 29.4 Å². The summed E-state index contributed by atoms with van der Waals surface area (Å²) in [5.74, 6) is -1.18. The first-order valence-corrected chi connectivity index (χ1v) is 8.57. The van der Waals surface area contributed by atoms with E-state index in [1.54, 1.807) is 0 Å². The lowest BCUT2D eigenvalue weighted by atomic mass is 10.2. The molecule has 0 amide bonds. The molecule has 0 aliphatic carbocycles. The number of carbonyl (C=O) groups is 1. The van der Waals surface area contributed by atoms with Crippen LogP contribution in [0.5, 0.6) is 0 Å². The Morgan fingerprint density at radius 3 is 2.68 bits per heavy atom. The fraction of sp³-hybridized carbons (Fsp3) is 0.500. The number of nitrogens with one attached hydrogen (secondary N) is 1. The Balaban J connectivity index is 2.86. The maximum Gasteiger partial charge on any atom is 0.345 e. The minimum Gasteiger partial charge on any atom is -0.477 e. The van der Waals surface area contributed by atoms with Crippen LogP contribution in [0.15, 0.2) is 14.7 Å². The van der Waals surface area contributed by atoms with E-state index in [0.717, 1.165) is 23.8 Å². The lowest BCUT2D eigenvalue weighted by Gasteiger charge is -2.10. The van der Waals surface area contributed by atoms with Crippen LogP contribution in [0.25, 0.3) is 0 Å². The Hall–Kier alpha value is -0.480. The molecule has 1 rings (SSSR count). The maximum atomic E-state index is 12.0. The molecule has 0 bridgehead atoms. The molecule has 1 heterocycles. The summed E-state index contributed by atoms with van der Waals surface area (Å²) < 4.78 is 26.4. The number of thiophene rings is 1. The number of sulfonamides is 1. The molecular weight excluding hydrogens is 358 g/mol. The number of hydrogen-bond donors (Lipinski definition) is 3. The molecule has 0 aromatic carbocycles.